The van der Waals surface area contributed by atoms with Crippen LogP contribution < -0.4 is 0 Å². The average Bonchev–Trinajstić information content (AvgIpc) is 2.99. The summed E-state index contributed by atoms with van der Waals surface area (Å²) in [5.41, 5.74) is 5.46. The van der Waals surface area contributed by atoms with E-state index in [1.807, 2.05) is 18.2 Å². The molecule has 1 saturated heterocycles. The summed E-state index contributed by atoms with van der Waals surface area (Å²) in [6.45, 7) is 0.825. The van der Waals surface area contributed by atoms with Crippen LogP contribution in [0.1, 0.15) is 39.9 Å². The fraction of sp³-hybridized carbons (Fsp3) is 0.211. The van der Waals surface area contributed by atoms with Gasteiger partial charge in [-0.05, 0) is 41.2 Å². The molecule has 1 unspecified atom stereocenters. The van der Waals surface area contributed by atoms with Crippen molar-refractivity contribution in [3.63, 3.8) is 0 Å². The smallest absolute Gasteiger partial charge is 0.255 e. The highest BCUT2D eigenvalue weighted by molar-refractivity contribution is 9.15. The molecule has 2 heterocycles. The fourth-order valence-corrected chi connectivity index (χ4v) is 5.32. The quantitative estimate of drug-likeness (QED) is 0.692. The van der Waals surface area contributed by atoms with Gasteiger partial charge in [-0.25, -0.2) is 0 Å². The summed E-state index contributed by atoms with van der Waals surface area (Å²) in [6.07, 6.45) is 2.06. The van der Waals surface area contributed by atoms with Crippen molar-refractivity contribution in [1.82, 2.24) is 4.90 Å². The molecule has 2 aliphatic heterocycles. The lowest BCUT2D eigenvalue weighted by molar-refractivity contribution is 0.0634. The minimum Gasteiger partial charge on any atom is -0.321 e. The van der Waals surface area contributed by atoms with E-state index in [4.69, 9.17) is 0 Å². The highest BCUT2D eigenvalue weighted by Gasteiger charge is 2.58. The minimum absolute atomic E-state index is 0.171. The first-order valence-corrected chi connectivity index (χ1v) is 8.46. The third kappa shape index (κ3) is 1.22. The van der Waals surface area contributed by atoms with Gasteiger partial charge < -0.3 is 4.90 Å². The number of amides is 1. The van der Waals surface area contributed by atoms with Gasteiger partial charge in [0.25, 0.3) is 5.91 Å². The van der Waals surface area contributed by atoms with Crippen molar-refractivity contribution in [2.45, 2.75) is 18.4 Å². The number of piperidine rings is 1. The first-order valence-electron chi connectivity index (χ1n) is 7.66. The topological polar surface area (TPSA) is 20.3 Å². The molecular weight excluding hydrogens is 338 g/mol. The first-order chi connectivity index (χ1) is 10.8. The van der Waals surface area contributed by atoms with E-state index in [0.29, 0.717) is 0 Å². The molecule has 0 bridgehead atoms. The van der Waals surface area contributed by atoms with E-state index in [1.54, 1.807) is 0 Å². The number of halogens is 1. The minimum atomic E-state index is -0.374. The summed E-state index contributed by atoms with van der Waals surface area (Å²) < 4.78 is 1.18. The number of rotatable bonds is 0. The van der Waals surface area contributed by atoms with Crippen LogP contribution in [-0.2, 0) is 5.54 Å². The van der Waals surface area contributed by atoms with Crippen molar-refractivity contribution in [2.24, 2.45) is 0 Å². The number of hydrogen-bond acceptors (Lipinski definition) is 1. The van der Waals surface area contributed by atoms with Crippen molar-refractivity contribution in [3.05, 3.63) is 76.4 Å². The van der Waals surface area contributed by atoms with E-state index in [9.17, 15) is 4.79 Å². The Balaban J connectivity index is 1.95. The average molecular weight is 352 g/mol. The third-order valence-electron chi connectivity index (χ3n) is 5.26. The summed E-state index contributed by atoms with van der Waals surface area (Å²) in [7, 11) is 0. The second-order valence-corrected chi connectivity index (χ2v) is 6.95. The summed E-state index contributed by atoms with van der Waals surface area (Å²) in [5.74, 6) is 0.171. The van der Waals surface area contributed by atoms with Gasteiger partial charge in [0.1, 0.15) is 5.54 Å². The second-order valence-electron chi connectivity index (χ2n) is 6.15. The number of nitrogens with zero attached hydrogens (tertiary/aromatic N) is 1. The Bertz CT molecular complexity index is 869. The second kappa shape index (κ2) is 4.11. The van der Waals surface area contributed by atoms with E-state index >= 15 is 0 Å². The molecule has 0 saturated carbocycles. The van der Waals surface area contributed by atoms with Crippen LogP contribution >= 0.6 is 15.9 Å². The molecule has 22 heavy (non-hydrogen) atoms. The van der Waals surface area contributed by atoms with Gasteiger partial charge in [0.05, 0.1) is 0 Å². The molecule has 0 radical (unpaired) electrons. The molecule has 1 aliphatic carbocycles. The van der Waals surface area contributed by atoms with Crippen molar-refractivity contribution in [2.75, 3.05) is 6.54 Å². The molecular formula is C19H14BrNO. The zero-order chi connectivity index (χ0) is 14.9. The van der Waals surface area contributed by atoms with E-state index in [-0.39, 0.29) is 11.4 Å². The molecule has 1 amide bonds. The predicted octanol–water partition coefficient (Wildman–Crippen LogP) is 4.30. The van der Waals surface area contributed by atoms with Crippen LogP contribution in [0.15, 0.2) is 54.1 Å². The Kier molecular flexibility index (Phi) is 2.36. The van der Waals surface area contributed by atoms with Crippen molar-refractivity contribution >= 4 is 26.3 Å². The maximum Gasteiger partial charge on any atom is 0.255 e. The normalized spacial score (nSPS) is 25.0. The van der Waals surface area contributed by atoms with Gasteiger partial charge in [-0.2, -0.15) is 0 Å². The number of carbonyl (C=O) groups excluding carboxylic acids is 1. The van der Waals surface area contributed by atoms with Crippen LogP contribution in [0.25, 0.3) is 4.48 Å². The van der Waals surface area contributed by atoms with Gasteiger partial charge in [0.2, 0.25) is 0 Å². The molecule has 3 aliphatic rings. The Morgan fingerprint density at radius 3 is 2.36 bits per heavy atom. The molecule has 5 rings (SSSR count). The Hall–Kier alpha value is -1.87. The molecule has 0 aromatic heterocycles. The van der Waals surface area contributed by atoms with Gasteiger partial charge in [-0.3, -0.25) is 4.79 Å². The summed E-state index contributed by atoms with van der Waals surface area (Å²) >= 11 is 3.82. The van der Waals surface area contributed by atoms with Crippen molar-refractivity contribution in [3.8, 4) is 0 Å². The van der Waals surface area contributed by atoms with E-state index in [2.05, 4.69) is 51.2 Å². The van der Waals surface area contributed by atoms with Crippen molar-refractivity contribution < 1.29 is 4.79 Å². The highest BCUT2D eigenvalue weighted by atomic mass is 79.9. The summed E-state index contributed by atoms with van der Waals surface area (Å²) in [5, 5.41) is 0. The molecule has 0 N–H and O–H groups in total. The number of benzene rings is 2. The van der Waals surface area contributed by atoms with Gasteiger partial charge >= 0.3 is 0 Å². The van der Waals surface area contributed by atoms with E-state index < -0.39 is 0 Å². The monoisotopic (exact) mass is 351 g/mol. The third-order valence-corrected chi connectivity index (χ3v) is 6.17. The molecule has 2 aromatic carbocycles. The Morgan fingerprint density at radius 2 is 1.59 bits per heavy atom. The maximum absolute atomic E-state index is 13.0. The standard InChI is InChI=1S/C19H14BrNO/c20-17-12-6-1-3-8-14(12)19-15-9-4-2-7-13(15)18(22)21(19)11-5-10-16(17)19/h1-4,6-9H,5,10-11H2. The van der Waals surface area contributed by atoms with Crippen molar-refractivity contribution in [1.29, 1.82) is 0 Å². The zero-order valence-electron chi connectivity index (χ0n) is 12.0. The molecule has 1 atom stereocenters. The van der Waals surface area contributed by atoms with E-state index in [0.717, 1.165) is 30.5 Å². The molecule has 2 nitrogen and oxygen atoms in total. The van der Waals surface area contributed by atoms with Crippen LogP contribution in [0.4, 0.5) is 0 Å². The SMILES string of the molecule is O=C1c2ccccc2C23C(=C(Br)c4ccccc42)CCCN13. The maximum atomic E-state index is 13.0. The number of fused-ring (bicyclic) bond motifs is 2. The summed E-state index contributed by atoms with van der Waals surface area (Å²) in [6, 6.07) is 16.6. The molecule has 2 aromatic rings. The van der Waals surface area contributed by atoms with Crippen LogP contribution in [0.3, 0.4) is 0 Å². The predicted molar refractivity (Wildman–Crippen MR) is 89.8 cm³/mol. The van der Waals surface area contributed by atoms with Gasteiger partial charge in [-0.1, -0.05) is 58.4 Å². The molecule has 1 fully saturated rings. The van der Waals surface area contributed by atoms with Crippen LogP contribution in [0.2, 0.25) is 0 Å². The lowest BCUT2D eigenvalue weighted by Crippen LogP contribution is -2.48. The Morgan fingerprint density at radius 1 is 0.955 bits per heavy atom. The molecule has 108 valence electrons. The first kappa shape index (κ1) is 12.7. The molecule has 1 spiro atoms. The largest absolute Gasteiger partial charge is 0.321 e. The van der Waals surface area contributed by atoms with Gasteiger partial charge in [0, 0.05) is 16.6 Å². The lowest BCUT2D eigenvalue weighted by atomic mass is 9.76. The number of carbonyl (C=O) groups is 1. The number of hydrogen-bond donors (Lipinski definition) is 0. The summed E-state index contributed by atoms with van der Waals surface area (Å²) in [4.78, 5) is 15.1. The van der Waals surface area contributed by atoms with Gasteiger partial charge in [-0.15, -0.1) is 0 Å². The highest BCUT2D eigenvalue weighted by Crippen LogP contribution is 2.60. The van der Waals surface area contributed by atoms with Gasteiger partial charge in [0.15, 0.2) is 0 Å². The van der Waals surface area contributed by atoms with Crippen LogP contribution in [-0.4, -0.2) is 17.4 Å². The molecule has 3 heteroatoms. The zero-order valence-corrected chi connectivity index (χ0v) is 13.6. The Labute approximate surface area is 137 Å². The van der Waals surface area contributed by atoms with Crippen LogP contribution in [0, 0.1) is 0 Å². The lowest BCUT2D eigenvalue weighted by Gasteiger charge is -2.43. The van der Waals surface area contributed by atoms with Crippen LogP contribution in [0.5, 0.6) is 0 Å². The fourth-order valence-electron chi connectivity index (χ4n) is 4.49. The van der Waals surface area contributed by atoms with E-state index in [1.165, 1.54) is 21.2 Å².